The van der Waals surface area contributed by atoms with Crippen LogP contribution in [0.3, 0.4) is 0 Å². The van der Waals surface area contributed by atoms with E-state index in [1.807, 2.05) is 185 Å². The molecule has 8 aromatic rings. The van der Waals surface area contributed by atoms with E-state index in [0.29, 0.717) is 36.7 Å². The smallest absolute Gasteiger partial charge is 0.229 e. The highest BCUT2D eigenvalue weighted by Gasteiger charge is 2.22. The van der Waals surface area contributed by atoms with Gasteiger partial charge in [0.05, 0.1) is 60.2 Å². The van der Waals surface area contributed by atoms with Crippen LogP contribution >= 0.6 is 0 Å². The van der Waals surface area contributed by atoms with Gasteiger partial charge < -0.3 is 29.6 Å². The summed E-state index contributed by atoms with van der Waals surface area (Å²) in [5.74, 6) is 5.26. The molecule has 2 fully saturated rings. The minimum atomic E-state index is -0.108. The lowest BCUT2D eigenvalue weighted by atomic mass is 9.86. The zero-order valence-electron chi connectivity index (χ0n) is 47.3. The number of carbonyl (C=O) groups excluding carboxylic acids is 2. The lowest BCUT2D eigenvalue weighted by Crippen LogP contribution is -2.19. The lowest BCUT2D eigenvalue weighted by molar-refractivity contribution is -0.116. The summed E-state index contributed by atoms with van der Waals surface area (Å²) in [6.07, 6.45) is 17.0. The number of hydrogen-bond acceptors (Lipinski definition) is 10. The quantitative estimate of drug-likeness (QED) is 0.0672. The van der Waals surface area contributed by atoms with Crippen molar-refractivity contribution in [3.8, 4) is 45.5 Å². The van der Waals surface area contributed by atoms with E-state index in [9.17, 15) is 9.59 Å². The van der Waals surface area contributed by atoms with E-state index in [1.54, 1.807) is 12.4 Å². The number of ether oxygens (including phenoxy) is 4. The zero-order valence-corrected chi connectivity index (χ0v) is 47.3. The molecule has 6 aromatic carbocycles. The van der Waals surface area contributed by atoms with Crippen molar-refractivity contribution in [2.45, 2.75) is 137 Å². The molecule has 0 radical (unpaired) electrons. The van der Waals surface area contributed by atoms with E-state index >= 15 is 0 Å². The van der Waals surface area contributed by atoms with Crippen LogP contribution in [-0.2, 0) is 48.5 Å². The molecule has 0 unspecified atom stereocenters. The Hall–Kier alpha value is -8.38. The number of rotatable bonds is 22. The summed E-state index contributed by atoms with van der Waals surface area (Å²) in [4.78, 5) is 45.5. The second kappa shape index (κ2) is 29.2. The first-order valence-electron chi connectivity index (χ1n) is 28.9. The molecule has 0 bridgehead atoms. The van der Waals surface area contributed by atoms with Gasteiger partial charge in [-0.25, -0.2) is 19.9 Å². The summed E-state index contributed by atoms with van der Waals surface area (Å²) < 4.78 is 23.3. The molecule has 2 saturated carbocycles. The van der Waals surface area contributed by atoms with Gasteiger partial charge in [-0.3, -0.25) is 9.59 Å². The largest absolute Gasteiger partial charge is 0.491 e. The van der Waals surface area contributed by atoms with Gasteiger partial charge in [0.2, 0.25) is 11.8 Å². The van der Waals surface area contributed by atoms with Gasteiger partial charge in [-0.2, -0.15) is 0 Å². The predicted molar refractivity (Wildman–Crippen MR) is 322 cm³/mol. The van der Waals surface area contributed by atoms with Crippen molar-refractivity contribution in [2.75, 3.05) is 10.6 Å². The molecule has 0 aliphatic heterocycles. The third-order valence-electron chi connectivity index (χ3n) is 14.5. The maximum absolute atomic E-state index is 13.1. The highest BCUT2D eigenvalue weighted by molar-refractivity contribution is 5.92. The molecule has 0 saturated heterocycles. The first kappa shape index (κ1) is 57.3. The van der Waals surface area contributed by atoms with E-state index < -0.39 is 0 Å². The molecule has 10 rings (SSSR count). The fraction of sp³-hybridized carbons (Fsp3) is 0.333. The third-order valence-corrected chi connectivity index (χ3v) is 14.5. The molecular weight excluding hydrogens is 1010 g/mol. The van der Waals surface area contributed by atoms with Crippen LogP contribution in [0.4, 0.5) is 11.6 Å². The normalized spacial score (nSPS) is 13.5. The molecule has 12 nitrogen and oxygen atoms in total. The van der Waals surface area contributed by atoms with Gasteiger partial charge in [-0.1, -0.05) is 143 Å². The summed E-state index contributed by atoms with van der Waals surface area (Å²) in [6.45, 7) is 9.07. The summed E-state index contributed by atoms with van der Waals surface area (Å²) in [5.41, 5.74) is 9.32. The minimum absolute atomic E-state index is 0.106. The summed E-state index contributed by atoms with van der Waals surface area (Å²) in [6, 6.07) is 51.4. The summed E-state index contributed by atoms with van der Waals surface area (Å²) in [7, 11) is 0. The molecule has 2 aromatic heterocycles. The van der Waals surface area contributed by atoms with Crippen LogP contribution in [0.15, 0.2) is 170 Å². The maximum Gasteiger partial charge on any atom is 0.229 e. The number of carbonyl (C=O) groups is 2. The van der Waals surface area contributed by atoms with Crippen molar-refractivity contribution >= 4 is 23.5 Å². The number of amides is 2. The van der Waals surface area contributed by atoms with Crippen molar-refractivity contribution in [3.63, 3.8) is 0 Å². The van der Waals surface area contributed by atoms with E-state index in [-0.39, 0.29) is 36.9 Å². The summed E-state index contributed by atoms with van der Waals surface area (Å²) in [5, 5.41) is 6.10. The van der Waals surface area contributed by atoms with Crippen molar-refractivity contribution in [2.24, 2.45) is 11.8 Å². The Morgan fingerprint density at radius 2 is 0.802 bits per heavy atom. The average Bonchev–Trinajstić information content (AvgIpc) is 4.00. The standard InChI is InChI=1S/C35H39N3O3.C34H37N3O3/c1-25(2)41-31-19-15-29(16-20-31)33-23-36-35(32(37-33)21-26-9-5-3-6-10-26)38-34(39)22-27-13-17-30(18-14-27)40-24-28-11-7-4-8-12-28;1-24(2)40-30-18-14-28(15-19-30)32-22-35-34(31(36-32)20-25-8-6-7-9-25)37-33(38)21-26-12-16-29(17-13-26)39-23-27-10-4-3-5-11-27/h4,7-8,11-20,23,25-26H,3,5-6,9-10,21-22,24H2,1-2H3,(H,36,38,39);3-5,10-19,22,24-25H,6-9,20-21,23H2,1-2H3,(H,35,37,38). The van der Waals surface area contributed by atoms with Crippen LogP contribution in [0, 0.1) is 11.8 Å². The number of aromatic nitrogens is 4. The van der Waals surface area contributed by atoms with Crippen LogP contribution < -0.4 is 29.6 Å². The van der Waals surface area contributed by atoms with Gasteiger partial charge in [-0.05, 0) is 147 Å². The third kappa shape index (κ3) is 18.1. The average molecular weight is 1090 g/mol. The Labute approximate surface area is 478 Å². The van der Waals surface area contributed by atoms with Crippen LogP contribution in [0.2, 0.25) is 0 Å². The second-order valence-corrected chi connectivity index (χ2v) is 21.8. The Balaban J connectivity index is 0.000000196. The van der Waals surface area contributed by atoms with Crippen molar-refractivity contribution in [3.05, 3.63) is 204 Å². The molecule has 12 heteroatoms. The van der Waals surface area contributed by atoms with Crippen LogP contribution in [-0.4, -0.2) is 44.0 Å². The Morgan fingerprint density at radius 3 is 1.17 bits per heavy atom. The van der Waals surface area contributed by atoms with E-state index in [2.05, 4.69) is 15.6 Å². The van der Waals surface area contributed by atoms with Crippen LogP contribution in [0.1, 0.15) is 119 Å². The molecule has 2 amide bonds. The van der Waals surface area contributed by atoms with Gasteiger partial charge in [0, 0.05) is 11.1 Å². The predicted octanol–water partition coefficient (Wildman–Crippen LogP) is 15.2. The highest BCUT2D eigenvalue weighted by Crippen LogP contribution is 2.33. The molecule has 2 aliphatic carbocycles. The summed E-state index contributed by atoms with van der Waals surface area (Å²) >= 11 is 0. The first-order chi connectivity index (χ1) is 39.5. The Bertz CT molecular complexity index is 3220. The lowest BCUT2D eigenvalue weighted by Gasteiger charge is -2.22. The molecular formula is C69H76N6O6. The molecule has 0 spiro atoms. The molecule has 0 atom stereocenters. The maximum atomic E-state index is 13.1. The first-order valence-corrected chi connectivity index (χ1v) is 28.9. The van der Waals surface area contributed by atoms with Crippen molar-refractivity contribution in [1.82, 2.24) is 19.9 Å². The monoisotopic (exact) mass is 1080 g/mol. The van der Waals surface area contributed by atoms with E-state index in [4.69, 9.17) is 33.9 Å². The Morgan fingerprint density at radius 1 is 0.444 bits per heavy atom. The molecule has 81 heavy (non-hydrogen) atoms. The number of benzene rings is 6. The number of hydrogen-bond donors (Lipinski definition) is 2. The highest BCUT2D eigenvalue weighted by atomic mass is 16.5. The SMILES string of the molecule is CC(C)Oc1ccc(-c2cnc(NC(=O)Cc3ccc(OCc4ccccc4)cc3)c(CC3CCCC3)n2)cc1.CC(C)Oc1ccc(-c2cnc(NC(=O)Cc3ccc(OCc4ccccc4)cc3)c(CC3CCCCC3)n2)cc1. The van der Waals surface area contributed by atoms with Gasteiger partial charge in [0.25, 0.3) is 0 Å². The minimum Gasteiger partial charge on any atom is -0.491 e. The molecule has 2 heterocycles. The fourth-order valence-electron chi connectivity index (χ4n) is 10.3. The number of nitrogens with one attached hydrogen (secondary N) is 2. The van der Waals surface area contributed by atoms with Gasteiger partial charge >= 0.3 is 0 Å². The van der Waals surface area contributed by atoms with Gasteiger partial charge in [0.15, 0.2) is 11.6 Å². The van der Waals surface area contributed by atoms with Crippen LogP contribution in [0.5, 0.6) is 23.0 Å². The Kier molecular flexibility index (Phi) is 20.7. The van der Waals surface area contributed by atoms with Gasteiger partial charge in [0.1, 0.15) is 36.2 Å². The number of nitrogens with zero attached hydrogens (tertiary/aromatic N) is 4. The van der Waals surface area contributed by atoms with E-state index in [0.717, 1.165) is 92.0 Å². The zero-order chi connectivity index (χ0) is 56.2. The molecule has 2 aliphatic rings. The van der Waals surface area contributed by atoms with E-state index in [1.165, 1.54) is 57.8 Å². The fourth-order valence-corrected chi connectivity index (χ4v) is 10.3. The molecule has 418 valence electrons. The van der Waals surface area contributed by atoms with Crippen LogP contribution in [0.25, 0.3) is 22.5 Å². The second-order valence-electron chi connectivity index (χ2n) is 21.8. The number of anilines is 2. The van der Waals surface area contributed by atoms with Crippen molar-refractivity contribution in [1.29, 1.82) is 0 Å². The molecule has 2 N–H and O–H groups in total. The van der Waals surface area contributed by atoms with Gasteiger partial charge in [-0.15, -0.1) is 0 Å². The topological polar surface area (TPSA) is 147 Å². The van der Waals surface area contributed by atoms with Crippen molar-refractivity contribution < 1.29 is 28.5 Å².